The lowest BCUT2D eigenvalue weighted by atomic mass is 9.83. The molecule has 4 nitrogen and oxygen atoms in total. The second-order valence-electron chi connectivity index (χ2n) is 8.10. The molecule has 1 heterocycles. The van der Waals surface area contributed by atoms with Crippen molar-refractivity contribution in [1.82, 2.24) is 10.2 Å². The molecule has 0 unspecified atom stereocenters. The molecule has 1 aromatic rings. The summed E-state index contributed by atoms with van der Waals surface area (Å²) in [5, 5.41) is 3.08. The number of amides is 1. The summed E-state index contributed by atoms with van der Waals surface area (Å²) in [7, 11) is 0. The second-order valence-corrected chi connectivity index (χ2v) is 8.10. The molecule has 1 saturated heterocycles. The molecule has 2 rings (SSSR count). The van der Waals surface area contributed by atoms with Crippen molar-refractivity contribution < 1.29 is 9.53 Å². The Kier molecular flexibility index (Phi) is 5.92. The van der Waals surface area contributed by atoms with Crippen molar-refractivity contribution >= 4 is 6.09 Å². The van der Waals surface area contributed by atoms with E-state index in [9.17, 15) is 4.79 Å². The third-order valence-electron chi connectivity index (χ3n) is 4.99. The molecule has 1 N–H and O–H groups in total. The van der Waals surface area contributed by atoms with Gasteiger partial charge in [-0.3, -0.25) is 4.90 Å². The lowest BCUT2D eigenvalue weighted by molar-refractivity contribution is 0.0184. The zero-order valence-electron chi connectivity index (χ0n) is 15.9. The highest BCUT2D eigenvalue weighted by atomic mass is 16.6. The first-order chi connectivity index (χ1) is 11.2. The predicted molar refractivity (Wildman–Crippen MR) is 97.8 cm³/mol. The average molecular weight is 332 g/mol. The van der Waals surface area contributed by atoms with Crippen LogP contribution < -0.4 is 5.32 Å². The molecule has 1 aliphatic heterocycles. The van der Waals surface area contributed by atoms with E-state index >= 15 is 0 Å². The fraction of sp³-hybridized carbons (Fsp3) is 0.650. The zero-order chi connectivity index (χ0) is 17.9. The third-order valence-corrected chi connectivity index (χ3v) is 4.99. The zero-order valence-corrected chi connectivity index (χ0v) is 15.9. The van der Waals surface area contributed by atoms with Crippen molar-refractivity contribution in [2.75, 3.05) is 0 Å². The minimum Gasteiger partial charge on any atom is -0.444 e. The Morgan fingerprint density at radius 2 is 1.83 bits per heavy atom. The van der Waals surface area contributed by atoms with E-state index in [0.29, 0.717) is 18.0 Å². The molecule has 0 aliphatic carbocycles. The smallest absolute Gasteiger partial charge is 0.407 e. The van der Waals surface area contributed by atoms with Gasteiger partial charge in [-0.1, -0.05) is 37.3 Å². The van der Waals surface area contributed by atoms with Crippen LogP contribution in [0.5, 0.6) is 0 Å². The number of benzene rings is 1. The van der Waals surface area contributed by atoms with Crippen LogP contribution in [0, 0.1) is 5.92 Å². The number of piperidine rings is 1. The van der Waals surface area contributed by atoms with Gasteiger partial charge in [0.2, 0.25) is 0 Å². The summed E-state index contributed by atoms with van der Waals surface area (Å²) in [4.78, 5) is 14.6. The Morgan fingerprint density at radius 3 is 2.42 bits per heavy atom. The molecule has 0 bridgehead atoms. The molecular formula is C20H32N2O2. The minimum atomic E-state index is -0.460. The summed E-state index contributed by atoms with van der Waals surface area (Å²) in [5.41, 5.74) is 0.875. The van der Waals surface area contributed by atoms with Crippen LogP contribution in [0.15, 0.2) is 30.3 Å². The van der Waals surface area contributed by atoms with Crippen molar-refractivity contribution in [3.8, 4) is 0 Å². The van der Waals surface area contributed by atoms with Gasteiger partial charge < -0.3 is 10.1 Å². The maximum Gasteiger partial charge on any atom is 0.407 e. The summed E-state index contributed by atoms with van der Waals surface area (Å²) >= 11 is 0. The fourth-order valence-electron chi connectivity index (χ4n) is 3.50. The van der Waals surface area contributed by atoms with Crippen molar-refractivity contribution in [1.29, 1.82) is 0 Å². The van der Waals surface area contributed by atoms with E-state index in [0.717, 1.165) is 13.0 Å². The van der Waals surface area contributed by atoms with Crippen LogP contribution in [0.1, 0.15) is 53.5 Å². The summed E-state index contributed by atoms with van der Waals surface area (Å²) in [6, 6.07) is 11.5. The number of nitrogens with one attached hydrogen (secondary N) is 1. The fourth-order valence-corrected chi connectivity index (χ4v) is 3.50. The van der Waals surface area contributed by atoms with Gasteiger partial charge in [-0.25, -0.2) is 4.79 Å². The van der Waals surface area contributed by atoms with E-state index in [-0.39, 0.29) is 12.1 Å². The second kappa shape index (κ2) is 7.56. The number of carbonyl (C=O) groups excluding carboxylic acids is 1. The van der Waals surface area contributed by atoms with E-state index < -0.39 is 5.60 Å². The van der Waals surface area contributed by atoms with Crippen molar-refractivity contribution in [3.05, 3.63) is 35.9 Å². The SMILES string of the molecule is C[C@H]1[C@H](NC(=O)OC(C)(C)C)C[C@@H](C)N(Cc2ccccc2)[C@H]1C. The highest BCUT2D eigenvalue weighted by Gasteiger charge is 2.37. The Hall–Kier alpha value is -1.55. The maximum atomic E-state index is 12.1. The molecule has 134 valence electrons. The first kappa shape index (κ1) is 18.8. The average Bonchev–Trinajstić information content (AvgIpc) is 2.48. The monoisotopic (exact) mass is 332 g/mol. The molecule has 1 fully saturated rings. The summed E-state index contributed by atoms with van der Waals surface area (Å²) in [5.74, 6) is 0.373. The van der Waals surface area contributed by atoms with Crippen LogP contribution in [0.4, 0.5) is 4.79 Å². The summed E-state index contributed by atoms with van der Waals surface area (Å²) < 4.78 is 5.42. The Bertz CT molecular complexity index is 538. The number of hydrogen-bond acceptors (Lipinski definition) is 3. The Labute approximate surface area is 146 Å². The summed E-state index contributed by atoms with van der Waals surface area (Å²) in [6.45, 7) is 13.3. The van der Waals surface area contributed by atoms with E-state index in [2.05, 4.69) is 61.3 Å². The van der Waals surface area contributed by atoms with Crippen LogP contribution in [-0.2, 0) is 11.3 Å². The molecule has 4 heteroatoms. The molecule has 0 saturated carbocycles. The van der Waals surface area contributed by atoms with Crippen molar-refractivity contribution in [2.24, 2.45) is 5.92 Å². The molecule has 0 aromatic heterocycles. The van der Waals surface area contributed by atoms with Crippen molar-refractivity contribution in [2.45, 2.75) is 78.2 Å². The lowest BCUT2D eigenvalue weighted by Crippen LogP contribution is -2.57. The van der Waals surface area contributed by atoms with Crippen molar-refractivity contribution in [3.63, 3.8) is 0 Å². The number of carbonyl (C=O) groups is 1. The molecule has 1 amide bonds. The van der Waals surface area contributed by atoms with Crippen LogP contribution >= 0.6 is 0 Å². The molecule has 1 aliphatic rings. The molecule has 0 radical (unpaired) electrons. The number of likely N-dealkylation sites (tertiary alicyclic amines) is 1. The Morgan fingerprint density at radius 1 is 1.21 bits per heavy atom. The van der Waals surface area contributed by atoms with E-state index in [1.54, 1.807) is 0 Å². The number of nitrogens with zero attached hydrogens (tertiary/aromatic N) is 1. The first-order valence-corrected chi connectivity index (χ1v) is 8.96. The van der Waals surface area contributed by atoms with Crippen LogP contribution in [0.3, 0.4) is 0 Å². The van der Waals surface area contributed by atoms with Crippen LogP contribution in [-0.4, -0.2) is 34.7 Å². The molecular weight excluding hydrogens is 300 g/mol. The number of hydrogen-bond donors (Lipinski definition) is 1. The third kappa shape index (κ3) is 4.97. The predicted octanol–water partition coefficient (Wildman–Crippen LogP) is 4.20. The summed E-state index contributed by atoms with van der Waals surface area (Å²) in [6.07, 6.45) is 0.632. The topological polar surface area (TPSA) is 41.6 Å². The molecule has 1 aromatic carbocycles. The number of alkyl carbamates (subject to hydrolysis) is 1. The van der Waals surface area contributed by atoms with Gasteiger partial charge in [0.15, 0.2) is 0 Å². The molecule has 4 atom stereocenters. The quantitative estimate of drug-likeness (QED) is 0.902. The molecule has 24 heavy (non-hydrogen) atoms. The van der Waals surface area contributed by atoms with Gasteiger partial charge in [-0.15, -0.1) is 0 Å². The van der Waals surface area contributed by atoms with E-state index in [4.69, 9.17) is 4.74 Å². The van der Waals surface area contributed by atoms with Crippen LogP contribution in [0.25, 0.3) is 0 Å². The number of rotatable bonds is 3. The van der Waals surface area contributed by atoms with Gasteiger partial charge in [0, 0.05) is 24.7 Å². The maximum absolute atomic E-state index is 12.1. The number of ether oxygens (including phenoxy) is 1. The first-order valence-electron chi connectivity index (χ1n) is 8.96. The van der Waals surface area contributed by atoms with Gasteiger partial charge in [-0.2, -0.15) is 0 Å². The van der Waals surface area contributed by atoms with E-state index in [1.807, 2.05) is 20.8 Å². The van der Waals surface area contributed by atoms with Crippen LogP contribution in [0.2, 0.25) is 0 Å². The van der Waals surface area contributed by atoms with Gasteiger partial charge in [-0.05, 0) is 52.5 Å². The highest BCUT2D eigenvalue weighted by Crippen LogP contribution is 2.29. The van der Waals surface area contributed by atoms with Gasteiger partial charge >= 0.3 is 6.09 Å². The van der Waals surface area contributed by atoms with E-state index in [1.165, 1.54) is 5.56 Å². The van der Waals surface area contributed by atoms with Gasteiger partial charge in [0.1, 0.15) is 5.60 Å². The standard InChI is InChI=1S/C20H32N2O2/c1-14-12-18(21-19(23)24-20(4,5)6)15(2)16(3)22(14)13-17-10-8-7-9-11-17/h7-11,14-16,18H,12-13H2,1-6H3,(H,21,23)/t14-,15-,16+,18-/m1/s1. The normalized spacial score (nSPS) is 28.4. The lowest BCUT2D eigenvalue weighted by Gasteiger charge is -2.47. The Balaban J connectivity index is 1.99. The van der Waals surface area contributed by atoms with Gasteiger partial charge in [0.05, 0.1) is 0 Å². The van der Waals surface area contributed by atoms with Gasteiger partial charge in [0.25, 0.3) is 0 Å². The highest BCUT2D eigenvalue weighted by molar-refractivity contribution is 5.68. The minimum absolute atomic E-state index is 0.150. The molecule has 0 spiro atoms. The largest absolute Gasteiger partial charge is 0.444 e.